The first-order valence-corrected chi connectivity index (χ1v) is 8.06. The first kappa shape index (κ1) is 16.9. The van der Waals surface area contributed by atoms with Crippen LogP contribution in [0.15, 0.2) is 48.5 Å². The Bertz CT molecular complexity index is 606. The average Bonchev–Trinajstić information content (AvgIpc) is 2.57. The maximum Gasteiger partial charge on any atom is 0.319 e. The molecule has 0 aromatic heterocycles. The van der Waals surface area contributed by atoms with Crippen LogP contribution in [0.3, 0.4) is 0 Å². The van der Waals surface area contributed by atoms with Crippen molar-refractivity contribution in [3.8, 4) is 5.75 Å². The second kappa shape index (κ2) is 8.83. The van der Waals surface area contributed by atoms with Gasteiger partial charge in [-0.1, -0.05) is 31.2 Å². The van der Waals surface area contributed by atoms with E-state index in [4.69, 9.17) is 4.74 Å². The van der Waals surface area contributed by atoms with Gasteiger partial charge >= 0.3 is 6.03 Å². The van der Waals surface area contributed by atoms with Crippen LogP contribution in [0.4, 0.5) is 10.5 Å². The van der Waals surface area contributed by atoms with Crippen molar-refractivity contribution in [1.29, 1.82) is 0 Å². The molecule has 4 nitrogen and oxygen atoms in total. The Morgan fingerprint density at radius 2 is 1.61 bits per heavy atom. The number of carbonyl (C=O) groups excluding carboxylic acids is 1. The van der Waals surface area contributed by atoms with E-state index in [9.17, 15) is 4.79 Å². The van der Waals surface area contributed by atoms with E-state index in [2.05, 4.69) is 17.6 Å². The van der Waals surface area contributed by atoms with Crippen molar-refractivity contribution in [3.63, 3.8) is 0 Å². The zero-order valence-corrected chi connectivity index (χ0v) is 13.8. The average molecular weight is 312 g/mol. The highest BCUT2D eigenvalue weighted by Gasteiger charge is 2.02. The van der Waals surface area contributed by atoms with Gasteiger partial charge in [0.25, 0.3) is 0 Å². The normalized spacial score (nSPS) is 10.2. The third-order valence-electron chi connectivity index (χ3n) is 3.55. The number of aryl methyl sites for hydroxylation is 1. The van der Waals surface area contributed by atoms with Gasteiger partial charge < -0.3 is 15.4 Å². The maximum absolute atomic E-state index is 11.9. The molecule has 122 valence electrons. The third kappa shape index (κ3) is 5.66. The smallest absolute Gasteiger partial charge is 0.319 e. The van der Waals surface area contributed by atoms with E-state index in [1.165, 1.54) is 11.1 Å². The maximum atomic E-state index is 11.9. The lowest BCUT2D eigenvalue weighted by Gasteiger charge is -2.09. The third-order valence-corrected chi connectivity index (χ3v) is 3.55. The molecule has 4 heteroatoms. The highest BCUT2D eigenvalue weighted by molar-refractivity contribution is 5.89. The summed E-state index contributed by atoms with van der Waals surface area (Å²) in [4.78, 5) is 11.9. The first-order valence-electron chi connectivity index (χ1n) is 8.06. The molecule has 2 aromatic carbocycles. The second-order valence-corrected chi connectivity index (χ2v) is 5.26. The minimum atomic E-state index is -0.180. The Kier molecular flexibility index (Phi) is 6.48. The largest absolute Gasteiger partial charge is 0.494 e. The van der Waals surface area contributed by atoms with Gasteiger partial charge in [0.15, 0.2) is 0 Å². The molecule has 0 fully saturated rings. The summed E-state index contributed by atoms with van der Waals surface area (Å²) >= 11 is 0. The monoisotopic (exact) mass is 312 g/mol. The number of anilines is 1. The van der Waals surface area contributed by atoms with Gasteiger partial charge in [-0.15, -0.1) is 0 Å². The molecule has 0 heterocycles. The lowest BCUT2D eigenvalue weighted by Crippen LogP contribution is -2.30. The Balaban J connectivity index is 1.73. The van der Waals surface area contributed by atoms with Gasteiger partial charge in [-0.2, -0.15) is 0 Å². The quantitative estimate of drug-likeness (QED) is 0.811. The minimum Gasteiger partial charge on any atom is -0.494 e. The van der Waals surface area contributed by atoms with Gasteiger partial charge in [-0.05, 0) is 55.2 Å². The number of amides is 2. The molecule has 0 spiro atoms. The molecule has 0 atom stereocenters. The number of rotatable bonds is 7. The van der Waals surface area contributed by atoms with Gasteiger partial charge in [-0.3, -0.25) is 0 Å². The van der Waals surface area contributed by atoms with Gasteiger partial charge in [-0.25, -0.2) is 4.79 Å². The zero-order chi connectivity index (χ0) is 16.5. The Labute approximate surface area is 137 Å². The van der Waals surface area contributed by atoms with Crippen LogP contribution < -0.4 is 15.4 Å². The number of hydrogen-bond donors (Lipinski definition) is 2. The fourth-order valence-corrected chi connectivity index (χ4v) is 2.24. The number of ether oxygens (including phenoxy) is 1. The van der Waals surface area contributed by atoms with Crippen LogP contribution in [-0.2, 0) is 12.8 Å². The fourth-order valence-electron chi connectivity index (χ4n) is 2.24. The second-order valence-electron chi connectivity index (χ2n) is 5.26. The summed E-state index contributed by atoms with van der Waals surface area (Å²) < 4.78 is 5.41. The van der Waals surface area contributed by atoms with Gasteiger partial charge in [0, 0.05) is 12.2 Å². The van der Waals surface area contributed by atoms with Crippen molar-refractivity contribution in [1.82, 2.24) is 5.32 Å². The van der Waals surface area contributed by atoms with Crippen LogP contribution in [0.1, 0.15) is 25.0 Å². The number of urea groups is 1. The molecule has 23 heavy (non-hydrogen) atoms. The summed E-state index contributed by atoms with van der Waals surface area (Å²) in [5.74, 6) is 0.873. The molecule has 2 N–H and O–H groups in total. The van der Waals surface area contributed by atoms with Crippen LogP contribution in [-0.4, -0.2) is 19.2 Å². The minimum absolute atomic E-state index is 0.180. The first-order chi connectivity index (χ1) is 11.2. The Morgan fingerprint density at radius 3 is 2.22 bits per heavy atom. The predicted octanol–water partition coefficient (Wildman–Crippen LogP) is 4.01. The van der Waals surface area contributed by atoms with E-state index in [-0.39, 0.29) is 6.03 Å². The zero-order valence-electron chi connectivity index (χ0n) is 13.8. The predicted molar refractivity (Wildman–Crippen MR) is 94.2 cm³/mol. The summed E-state index contributed by atoms with van der Waals surface area (Å²) in [5, 5.41) is 5.70. The van der Waals surface area contributed by atoms with Gasteiger partial charge in [0.1, 0.15) is 5.75 Å². The van der Waals surface area contributed by atoms with E-state index < -0.39 is 0 Å². The topological polar surface area (TPSA) is 50.4 Å². The Hall–Kier alpha value is -2.49. The molecular weight excluding hydrogens is 288 g/mol. The standard InChI is InChI=1S/C19H24N2O2/c1-3-15-5-9-17(10-6-15)21-19(22)20-14-13-16-7-11-18(12-8-16)23-4-2/h5-12H,3-4,13-14H2,1-2H3,(H2,20,21,22). The molecule has 0 aliphatic rings. The lowest BCUT2D eigenvalue weighted by molar-refractivity contribution is 0.252. The number of hydrogen-bond acceptors (Lipinski definition) is 2. The lowest BCUT2D eigenvalue weighted by atomic mass is 10.1. The molecule has 0 radical (unpaired) electrons. The molecule has 2 aromatic rings. The molecule has 0 unspecified atom stereocenters. The Morgan fingerprint density at radius 1 is 0.957 bits per heavy atom. The summed E-state index contributed by atoms with van der Waals surface area (Å²) in [5.41, 5.74) is 3.23. The van der Waals surface area contributed by atoms with Crippen molar-refractivity contribution in [2.75, 3.05) is 18.5 Å². The van der Waals surface area contributed by atoms with Crippen molar-refractivity contribution >= 4 is 11.7 Å². The van der Waals surface area contributed by atoms with Gasteiger partial charge in [0.05, 0.1) is 6.61 Å². The SMILES string of the molecule is CCOc1ccc(CCNC(=O)Nc2ccc(CC)cc2)cc1. The highest BCUT2D eigenvalue weighted by Crippen LogP contribution is 2.12. The van der Waals surface area contributed by atoms with Crippen molar-refractivity contribution in [2.45, 2.75) is 26.7 Å². The molecule has 0 bridgehead atoms. The molecule has 0 aliphatic carbocycles. The summed E-state index contributed by atoms with van der Waals surface area (Å²) in [7, 11) is 0. The summed E-state index contributed by atoms with van der Waals surface area (Å²) in [6.07, 6.45) is 1.78. The molecule has 2 rings (SSSR count). The van der Waals surface area contributed by atoms with Crippen molar-refractivity contribution < 1.29 is 9.53 Å². The fraction of sp³-hybridized carbons (Fsp3) is 0.316. The van der Waals surface area contributed by atoms with Crippen LogP contribution in [0.2, 0.25) is 0 Å². The highest BCUT2D eigenvalue weighted by atomic mass is 16.5. The molecule has 0 saturated heterocycles. The van der Waals surface area contributed by atoms with E-state index in [0.29, 0.717) is 13.2 Å². The number of benzene rings is 2. The van der Waals surface area contributed by atoms with E-state index in [0.717, 1.165) is 24.3 Å². The molecule has 0 saturated carbocycles. The molecular formula is C19H24N2O2. The van der Waals surface area contributed by atoms with Gasteiger partial charge in [0.2, 0.25) is 0 Å². The van der Waals surface area contributed by atoms with Crippen molar-refractivity contribution in [3.05, 3.63) is 59.7 Å². The number of carbonyl (C=O) groups is 1. The van der Waals surface area contributed by atoms with E-state index >= 15 is 0 Å². The van der Waals surface area contributed by atoms with Crippen molar-refractivity contribution in [2.24, 2.45) is 0 Å². The van der Waals surface area contributed by atoms with Crippen LogP contribution in [0, 0.1) is 0 Å². The summed E-state index contributed by atoms with van der Waals surface area (Å²) in [6, 6.07) is 15.7. The van der Waals surface area contributed by atoms with Crippen LogP contribution >= 0.6 is 0 Å². The van der Waals surface area contributed by atoms with Crippen LogP contribution in [0.25, 0.3) is 0 Å². The number of nitrogens with one attached hydrogen (secondary N) is 2. The van der Waals surface area contributed by atoms with E-state index in [1.54, 1.807) is 0 Å². The van der Waals surface area contributed by atoms with E-state index in [1.807, 2.05) is 55.5 Å². The summed E-state index contributed by atoms with van der Waals surface area (Å²) in [6.45, 7) is 5.33. The molecule has 2 amide bonds. The molecule has 0 aliphatic heterocycles. The van der Waals surface area contributed by atoms with Crippen LogP contribution in [0.5, 0.6) is 5.75 Å².